The van der Waals surface area contributed by atoms with Gasteiger partial charge in [0.1, 0.15) is 9.39 Å². The second-order valence-corrected chi connectivity index (χ2v) is 5.17. The molecule has 0 aliphatic carbocycles. The molecule has 1 atom stereocenters. The summed E-state index contributed by atoms with van der Waals surface area (Å²) in [6, 6.07) is 10.3. The van der Waals surface area contributed by atoms with Gasteiger partial charge in [-0.25, -0.2) is 4.98 Å². The maximum Gasteiger partial charge on any atom is 0.266 e. The number of anilines is 1. The Labute approximate surface area is 119 Å². The molecule has 94 valence electrons. The number of nitrogens with one attached hydrogen (secondary N) is 2. The van der Waals surface area contributed by atoms with E-state index < -0.39 is 0 Å². The minimum absolute atomic E-state index is 0.111. The van der Waals surface area contributed by atoms with Crippen LogP contribution in [0, 0.1) is 3.57 Å². The molecule has 0 saturated carbocycles. The molecule has 1 aromatic carbocycles. The molecule has 2 N–H and O–H groups in total. The number of benzene rings is 1. The van der Waals surface area contributed by atoms with Gasteiger partial charge in [0.05, 0.1) is 6.33 Å². The maximum atomic E-state index is 11.4. The molecular formula is C13H14IN3O. The lowest BCUT2D eigenvalue weighted by atomic mass is 10.0. The van der Waals surface area contributed by atoms with E-state index in [0.29, 0.717) is 15.3 Å². The van der Waals surface area contributed by atoms with Gasteiger partial charge in [0.25, 0.3) is 5.56 Å². The number of hydrogen-bond donors (Lipinski definition) is 2. The number of H-pyrrole nitrogens is 1. The van der Waals surface area contributed by atoms with Gasteiger partial charge in [-0.3, -0.25) is 4.79 Å². The summed E-state index contributed by atoms with van der Waals surface area (Å²) >= 11 is 2.00. The Morgan fingerprint density at radius 2 is 2.11 bits per heavy atom. The summed E-state index contributed by atoms with van der Waals surface area (Å²) in [5, 5.41) is 3.21. The minimum Gasteiger partial charge on any atom is -0.368 e. The van der Waals surface area contributed by atoms with Crippen LogP contribution in [0.5, 0.6) is 0 Å². The van der Waals surface area contributed by atoms with Gasteiger partial charge in [0.2, 0.25) is 0 Å². The molecule has 0 amide bonds. The van der Waals surface area contributed by atoms with E-state index in [4.69, 9.17) is 0 Å². The number of aromatic nitrogens is 2. The van der Waals surface area contributed by atoms with E-state index >= 15 is 0 Å². The van der Waals surface area contributed by atoms with Crippen molar-refractivity contribution in [2.24, 2.45) is 0 Å². The summed E-state index contributed by atoms with van der Waals surface area (Å²) in [4.78, 5) is 18.1. The average molecular weight is 355 g/mol. The van der Waals surface area contributed by atoms with Gasteiger partial charge in [0.15, 0.2) is 0 Å². The van der Waals surface area contributed by atoms with Gasteiger partial charge >= 0.3 is 0 Å². The van der Waals surface area contributed by atoms with Crippen molar-refractivity contribution < 1.29 is 0 Å². The largest absolute Gasteiger partial charge is 0.368 e. The zero-order valence-electron chi connectivity index (χ0n) is 9.98. The average Bonchev–Trinajstić information content (AvgIpc) is 2.41. The molecular weight excluding hydrogens is 341 g/mol. The van der Waals surface area contributed by atoms with Gasteiger partial charge in [-0.05, 0) is 34.1 Å². The second-order valence-electron chi connectivity index (χ2n) is 4.09. The monoisotopic (exact) mass is 355 g/mol. The predicted octanol–water partition coefficient (Wildman–Crippen LogP) is 2.59. The molecule has 2 aromatic rings. The normalized spacial score (nSPS) is 12.1. The lowest BCUT2D eigenvalue weighted by Gasteiger charge is -2.13. The number of aromatic amines is 1. The summed E-state index contributed by atoms with van der Waals surface area (Å²) in [6.07, 6.45) is 1.42. The van der Waals surface area contributed by atoms with Crippen molar-refractivity contribution in [1.82, 2.24) is 9.97 Å². The molecule has 2 rings (SSSR count). The van der Waals surface area contributed by atoms with Crippen LogP contribution in [0.15, 0.2) is 41.5 Å². The van der Waals surface area contributed by atoms with Gasteiger partial charge in [-0.1, -0.05) is 37.3 Å². The Hall–Kier alpha value is -1.37. The molecule has 1 unspecified atom stereocenters. The van der Waals surface area contributed by atoms with Crippen LogP contribution in [-0.2, 0) is 0 Å². The summed E-state index contributed by atoms with van der Waals surface area (Å²) in [7, 11) is 0. The topological polar surface area (TPSA) is 57.8 Å². The SMILES string of the molecule is CC(CNc1nc[nH]c(=O)c1I)c1ccccc1. The molecule has 0 bridgehead atoms. The fourth-order valence-electron chi connectivity index (χ4n) is 1.66. The third-order valence-corrected chi connectivity index (χ3v) is 3.74. The van der Waals surface area contributed by atoms with Crippen molar-refractivity contribution in [3.05, 3.63) is 56.1 Å². The van der Waals surface area contributed by atoms with Gasteiger partial charge in [0, 0.05) is 6.54 Å². The first kappa shape index (κ1) is 13.1. The van der Waals surface area contributed by atoms with Crippen LogP contribution in [0.2, 0.25) is 0 Å². The van der Waals surface area contributed by atoms with Crippen LogP contribution in [0.1, 0.15) is 18.4 Å². The summed E-state index contributed by atoms with van der Waals surface area (Å²) in [6.45, 7) is 2.89. The fourth-order valence-corrected chi connectivity index (χ4v) is 2.14. The Balaban J connectivity index is 2.04. The smallest absolute Gasteiger partial charge is 0.266 e. The van der Waals surface area contributed by atoms with Gasteiger partial charge in [-0.2, -0.15) is 0 Å². The third kappa shape index (κ3) is 3.10. The number of halogens is 1. The van der Waals surface area contributed by atoms with Crippen LogP contribution >= 0.6 is 22.6 Å². The molecule has 1 aromatic heterocycles. The molecule has 0 radical (unpaired) electrons. The zero-order valence-corrected chi connectivity index (χ0v) is 12.1. The first-order valence-electron chi connectivity index (χ1n) is 5.70. The second kappa shape index (κ2) is 5.99. The molecule has 5 heteroatoms. The summed E-state index contributed by atoms with van der Waals surface area (Å²) < 4.78 is 0.593. The molecule has 1 heterocycles. The lowest BCUT2D eigenvalue weighted by Crippen LogP contribution is -2.17. The highest BCUT2D eigenvalue weighted by molar-refractivity contribution is 14.1. The van der Waals surface area contributed by atoms with E-state index in [9.17, 15) is 4.79 Å². The van der Waals surface area contributed by atoms with Crippen molar-refractivity contribution in [2.45, 2.75) is 12.8 Å². The Kier molecular flexibility index (Phi) is 4.35. The van der Waals surface area contributed by atoms with Crippen molar-refractivity contribution >= 4 is 28.4 Å². The molecule has 0 fully saturated rings. The quantitative estimate of drug-likeness (QED) is 0.829. The molecule has 4 nitrogen and oxygen atoms in total. The summed E-state index contributed by atoms with van der Waals surface area (Å²) in [5.74, 6) is 1.00. The van der Waals surface area contributed by atoms with Crippen molar-refractivity contribution in [3.63, 3.8) is 0 Å². The molecule has 0 spiro atoms. The van der Waals surface area contributed by atoms with Gasteiger partial charge in [-0.15, -0.1) is 0 Å². The molecule has 0 saturated heterocycles. The Bertz CT molecular complexity index is 568. The van der Waals surface area contributed by atoms with Crippen LogP contribution in [0.25, 0.3) is 0 Å². The van der Waals surface area contributed by atoms with Gasteiger partial charge < -0.3 is 10.3 Å². The van der Waals surface area contributed by atoms with E-state index in [0.717, 1.165) is 6.54 Å². The molecule has 18 heavy (non-hydrogen) atoms. The van der Waals surface area contributed by atoms with E-state index in [-0.39, 0.29) is 5.56 Å². The zero-order chi connectivity index (χ0) is 13.0. The number of rotatable bonds is 4. The van der Waals surface area contributed by atoms with Crippen molar-refractivity contribution in [2.75, 3.05) is 11.9 Å². The third-order valence-electron chi connectivity index (χ3n) is 2.74. The summed E-state index contributed by atoms with van der Waals surface area (Å²) in [5.41, 5.74) is 1.16. The standard InChI is InChI=1S/C13H14IN3O/c1-9(10-5-3-2-4-6-10)7-15-12-11(14)13(18)17-8-16-12/h2-6,8-9H,7H2,1H3,(H2,15,16,17,18). The van der Waals surface area contributed by atoms with E-state index in [2.05, 4.69) is 34.3 Å². The first-order valence-corrected chi connectivity index (χ1v) is 6.78. The minimum atomic E-state index is -0.111. The first-order chi connectivity index (χ1) is 8.68. The van der Waals surface area contributed by atoms with Crippen molar-refractivity contribution in [1.29, 1.82) is 0 Å². The van der Waals surface area contributed by atoms with Crippen LogP contribution < -0.4 is 10.9 Å². The predicted molar refractivity (Wildman–Crippen MR) is 80.9 cm³/mol. The van der Waals surface area contributed by atoms with Crippen LogP contribution in [0.3, 0.4) is 0 Å². The van der Waals surface area contributed by atoms with Crippen molar-refractivity contribution in [3.8, 4) is 0 Å². The highest BCUT2D eigenvalue weighted by Gasteiger charge is 2.08. The molecule has 0 aliphatic heterocycles. The highest BCUT2D eigenvalue weighted by atomic mass is 127. The highest BCUT2D eigenvalue weighted by Crippen LogP contribution is 2.16. The Morgan fingerprint density at radius 1 is 1.39 bits per heavy atom. The van der Waals surface area contributed by atoms with Crippen LogP contribution in [-0.4, -0.2) is 16.5 Å². The fraction of sp³-hybridized carbons (Fsp3) is 0.231. The number of nitrogens with zero attached hydrogens (tertiary/aromatic N) is 1. The van der Waals surface area contributed by atoms with Crippen LogP contribution in [0.4, 0.5) is 5.82 Å². The van der Waals surface area contributed by atoms with E-state index in [1.165, 1.54) is 11.9 Å². The maximum absolute atomic E-state index is 11.4. The number of hydrogen-bond acceptors (Lipinski definition) is 3. The van der Waals surface area contributed by atoms with E-state index in [1.54, 1.807) is 0 Å². The van der Waals surface area contributed by atoms with E-state index in [1.807, 2.05) is 40.8 Å². The Morgan fingerprint density at radius 3 is 2.83 bits per heavy atom. The lowest BCUT2D eigenvalue weighted by molar-refractivity contribution is 0.799. The molecule has 0 aliphatic rings.